The highest BCUT2D eigenvalue weighted by Crippen LogP contribution is 2.58. The van der Waals surface area contributed by atoms with Gasteiger partial charge in [-0.1, -0.05) is 61.5 Å². The molecule has 3 aromatic carbocycles. The van der Waals surface area contributed by atoms with Crippen molar-refractivity contribution in [3.05, 3.63) is 101 Å². The second-order valence-corrected chi connectivity index (χ2v) is 22.8. The Bertz CT molecular complexity index is 2550. The lowest BCUT2D eigenvalue weighted by Crippen LogP contribution is -2.59. The molecule has 3 saturated heterocycles. The van der Waals surface area contributed by atoms with Gasteiger partial charge in [0.1, 0.15) is 23.9 Å². The van der Waals surface area contributed by atoms with E-state index in [2.05, 4.69) is 22.5 Å². The van der Waals surface area contributed by atoms with Gasteiger partial charge in [-0.2, -0.15) is 0 Å². The van der Waals surface area contributed by atoms with E-state index in [1.54, 1.807) is 35.2 Å². The number of ether oxygens (including phenoxy) is 1. The molecule has 1 spiro atoms. The van der Waals surface area contributed by atoms with E-state index in [0.717, 1.165) is 30.6 Å². The third kappa shape index (κ3) is 9.98. The quantitative estimate of drug-likeness (QED) is 0.0882. The number of halogens is 3. The van der Waals surface area contributed by atoms with Crippen LogP contribution in [-0.2, 0) is 23.7 Å². The van der Waals surface area contributed by atoms with Crippen molar-refractivity contribution >= 4 is 52.6 Å². The van der Waals surface area contributed by atoms with Gasteiger partial charge in [0.2, 0.25) is 23.6 Å². The summed E-state index contributed by atoms with van der Waals surface area (Å²) in [7, 11) is -2.62. The standard InChI is InChI=1S/C51H61F3N5O7PS/c1-4-25-65-49(63)32(2)56-67(64,66-40-13-9-6-10-14-40)45(52)34-15-20-43-35(26-34)27-44(68-43)46(60)55-41-18-16-37(57(3)39-21-22-51(53,54)30-39)28-38-17-19-42(59(38)47(41)61)48(62)58-31-36(29-50(58)23-24-50)33-11-7-5-8-12-33/h5-15,20,26-27,32,36-39,41-42,45H,4,16-19,21-25,28-31H2,1-3H3,(H,55,60)(H,56,64)/t32-,36+,37-,38+,39-,41-,42-,45+,67?/m0/s1. The Morgan fingerprint density at radius 3 is 2.35 bits per heavy atom. The fraction of sp³-hybridized carbons (Fsp3) is 0.529. The number of fused-ring (bicyclic) bond motifs is 2. The minimum Gasteiger partial charge on any atom is -0.465 e. The molecule has 1 unspecified atom stereocenters. The molecule has 4 aromatic rings. The van der Waals surface area contributed by atoms with Gasteiger partial charge >= 0.3 is 13.5 Å². The van der Waals surface area contributed by atoms with Crippen molar-refractivity contribution < 1.29 is 46.2 Å². The summed E-state index contributed by atoms with van der Waals surface area (Å²) in [5.74, 6) is -6.26. The van der Waals surface area contributed by atoms with E-state index >= 15 is 4.39 Å². The van der Waals surface area contributed by atoms with Crippen LogP contribution in [0.2, 0.25) is 0 Å². The molecule has 1 aromatic heterocycles. The van der Waals surface area contributed by atoms with Gasteiger partial charge < -0.3 is 29.3 Å². The predicted molar refractivity (Wildman–Crippen MR) is 255 cm³/mol. The average molecular weight is 976 g/mol. The van der Waals surface area contributed by atoms with Gasteiger partial charge in [-0.05, 0) is 125 Å². The molecule has 3 amide bonds. The lowest BCUT2D eigenvalue weighted by molar-refractivity contribution is -0.148. The van der Waals surface area contributed by atoms with Gasteiger partial charge in [0.15, 0.2) is 0 Å². The molecule has 5 fully saturated rings. The summed E-state index contributed by atoms with van der Waals surface area (Å²) in [6.07, 6.45) is 5.57. The number of thiophene rings is 1. The molecule has 2 N–H and O–H groups in total. The Balaban J connectivity index is 0.961. The van der Waals surface area contributed by atoms with Crippen LogP contribution in [0.25, 0.3) is 10.1 Å². The second-order valence-electron chi connectivity index (χ2n) is 19.7. The number of alkyl halides is 3. The van der Waals surface area contributed by atoms with Gasteiger partial charge in [-0.3, -0.25) is 23.7 Å². The van der Waals surface area contributed by atoms with E-state index in [1.807, 2.05) is 42.0 Å². The Morgan fingerprint density at radius 1 is 0.926 bits per heavy atom. The number of nitrogens with zero attached hydrogens (tertiary/aromatic N) is 3. The van der Waals surface area contributed by atoms with Crippen LogP contribution in [0.4, 0.5) is 13.2 Å². The highest BCUT2D eigenvalue weighted by molar-refractivity contribution is 7.57. The Hall–Kier alpha value is -4.76. The molecule has 9 rings (SSSR count). The monoisotopic (exact) mass is 975 g/mol. The van der Waals surface area contributed by atoms with Crippen LogP contribution in [0.15, 0.2) is 84.9 Å². The SMILES string of the molecule is CCCOC(=O)[C@H](C)NP(=O)(Oc1ccccc1)[C@@H](F)c1ccc2sc(C(=O)N[C@H]3CC[C@H](N(C)[C@H]4CCC(F)(F)C4)C[C@H]4CC[C@@H](C(=O)N5C[C@H](c6ccccc6)CC56CC6)N4C3=O)cc2c1. The fourth-order valence-corrected chi connectivity index (χ4v) is 14.0. The molecule has 68 heavy (non-hydrogen) atoms. The number of carbonyl (C=O) groups is 4. The maximum atomic E-state index is 16.7. The number of para-hydroxylation sites is 1. The molecule has 364 valence electrons. The van der Waals surface area contributed by atoms with Crippen molar-refractivity contribution in [2.75, 3.05) is 20.2 Å². The lowest BCUT2D eigenvalue weighted by atomic mass is 9.92. The van der Waals surface area contributed by atoms with E-state index in [-0.39, 0.29) is 83.5 Å². The van der Waals surface area contributed by atoms with E-state index in [4.69, 9.17) is 9.26 Å². The average Bonchev–Trinajstić information content (AvgIpc) is 3.65. The number of benzene rings is 3. The van der Waals surface area contributed by atoms with Crippen molar-refractivity contribution in [2.24, 2.45) is 0 Å². The molecule has 4 heterocycles. The molecule has 12 nitrogen and oxygen atoms in total. The van der Waals surface area contributed by atoms with Gasteiger partial charge in [0.05, 0.1) is 11.5 Å². The van der Waals surface area contributed by atoms with Crippen LogP contribution in [0.1, 0.15) is 124 Å². The number of hydrogen-bond donors (Lipinski definition) is 2. The number of nitrogens with one attached hydrogen (secondary N) is 2. The van der Waals surface area contributed by atoms with Crippen molar-refractivity contribution in [1.29, 1.82) is 0 Å². The van der Waals surface area contributed by atoms with Gasteiger partial charge in [-0.15, -0.1) is 11.3 Å². The Labute approximate surface area is 399 Å². The number of likely N-dealkylation sites (tertiary alicyclic amines) is 1. The highest BCUT2D eigenvalue weighted by Gasteiger charge is 2.59. The summed E-state index contributed by atoms with van der Waals surface area (Å²) in [5.41, 5.74) is 0.960. The maximum absolute atomic E-state index is 16.7. The first-order valence-corrected chi connectivity index (χ1v) is 26.6. The number of esters is 1. The molecular formula is C51H61F3N5O7PS. The molecule has 0 bridgehead atoms. The van der Waals surface area contributed by atoms with E-state index < -0.39 is 49.4 Å². The summed E-state index contributed by atoms with van der Waals surface area (Å²) >= 11 is 1.15. The largest absolute Gasteiger partial charge is 0.465 e. The zero-order chi connectivity index (χ0) is 48.0. The van der Waals surface area contributed by atoms with E-state index in [1.165, 1.54) is 36.8 Å². The van der Waals surface area contributed by atoms with Crippen molar-refractivity contribution in [2.45, 2.75) is 150 Å². The molecule has 2 saturated carbocycles. The van der Waals surface area contributed by atoms with Crippen LogP contribution in [0, 0.1) is 0 Å². The van der Waals surface area contributed by atoms with Crippen molar-refractivity contribution in [1.82, 2.24) is 25.1 Å². The molecule has 3 aliphatic heterocycles. The highest BCUT2D eigenvalue weighted by atomic mass is 32.1. The van der Waals surface area contributed by atoms with Gasteiger partial charge in [0.25, 0.3) is 5.91 Å². The predicted octanol–water partition coefficient (Wildman–Crippen LogP) is 9.75. The molecule has 5 aliphatic rings. The summed E-state index contributed by atoms with van der Waals surface area (Å²) in [5, 5.41) is 6.09. The number of hydrogen-bond acceptors (Lipinski definition) is 9. The second kappa shape index (κ2) is 19.6. The zero-order valence-corrected chi connectivity index (χ0v) is 40.5. The van der Waals surface area contributed by atoms with E-state index in [9.17, 15) is 32.5 Å². The molecule has 17 heteroatoms. The van der Waals surface area contributed by atoms with Crippen molar-refractivity contribution in [3.63, 3.8) is 0 Å². The number of amides is 3. The summed E-state index contributed by atoms with van der Waals surface area (Å²) in [4.78, 5) is 62.9. The smallest absolute Gasteiger partial charge is 0.355 e. The van der Waals surface area contributed by atoms with Crippen molar-refractivity contribution in [3.8, 4) is 5.75 Å². The molecule has 2 aliphatic carbocycles. The minimum atomic E-state index is -4.50. The third-order valence-corrected chi connectivity index (χ3v) is 18.2. The van der Waals surface area contributed by atoms with Crippen LogP contribution >= 0.6 is 18.9 Å². The Morgan fingerprint density at radius 2 is 1.66 bits per heavy atom. The summed E-state index contributed by atoms with van der Waals surface area (Å²) < 4.78 is 71.9. The molecule has 0 radical (unpaired) electrons. The number of carbonyl (C=O) groups excluding carboxylic acids is 4. The van der Waals surface area contributed by atoms with Crippen LogP contribution < -0.4 is 14.9 Å². The summed E-state index contributed by atoms with van der Waals surface area (Å²) in [6.45, 7) is 3.98. The van der Waals surface area contributed by atoms with E-state index in [0.29, 0.717) is 55.2 Å². The van der Waals surface area contributed by atoms with Crippen LogP contribution in [-0.4, -0.2) is 106 Å². The van der Waals surface area contributed by atoms with Crippen LogP contribution in [0.5, 0.6) is 5.75 Å². The summed E-state index contributed by atoms with van der Waals surface area (Å²) in [6, 6.07) is 20.8. The maximum Gasteiger partial charge on any atom is 0.355 e. The third-order valence-electron chi connectivity index (χ3n) is 15.0. The Kier molecular flexibility index (Phi) is 13.9. The first kappa shape index (κ1) is 48.3. The fourth-order valence-electron chi connectivity index (χ4n) is 11.2. The topological polar surface area (TPSA) is 138 Å². The first-order valence-electron chi connectivity index (χ1n) is 24.1. The minimum absolute atomic E-state index is 0.00890. The zero-order valence-electron chi connectivity index (χ0n) is 38.8. The van der Waals surface area contributed by atoms with Gasteiger partial charge in [-0.25, -0.2) is 18.3 Å². The van der Waals surface area contributed by atoms with Crippen LogP contribution in [0.3, 0.4) is 0 Å². The van der Waals surface area contributed by atoms with Gasteiger partial charge in [0, 0.05) is 53.7 Å². The first-order chi connectivity index (χ1) is 32.6. The number of rotatable bonds is 15. The lowest BCUT2D eigenvalue weighted by Gasteiger charge is -2.42. The normalized spacial score (nSPS) is 27.0. The molecular weight excluding hydrogens is 915 g/mol. The molecule has 9 atom stereocenters.